The maximum absolute atomic E-state index is 14.3. The Morgan fingerprint density at radius 1 is 1.12 bits per heavy atom. The van der Waals surface area contributed by atoms with Crippen molar-refractivity contribution in [1.29, 1.82) is 0 Å². The second-order valence-corrected chi connectivity index (χ2v) is 12.3. The van der Waals surface area contributed by atoms with Crippen LogP contribution in [0.15, 0.2) is 60.7 Å². The highest BCUT2D eigenvalue weighted by atomic mass is 35.5. The van der Waals surface area contributed by atoms with Gasteiger partial charge in [0.25, 0.3) is 5.91 Å². The Hall–Kier alpha value is -5.25. The van der Waals surface area contributed by atoms with E-state index >= 15 is 0 Å². The first-order valence-corrected chi connectivity index (χ1v) is 15.4. The van der Waals surface area contributed by atoms with Gasteiger partial charge in [0.2, 0.25) is 11.7 Å². The van der Waals surface area contributed by atoms with Gasteiger partial charge in [-0.15, -0.1) is 0 Å². The van der Waals surface area contributed by atoms with Gasteiger partial charge in [0.05, 0.1) is 34.8 Å². The van der Waals surface area contributed by atoms with Gasteiger partial charge >= 0.3 is 11.9 Å². The summed E-state index contributed by atoms with van der Waals surface area (Å²) in [5, 5.41) is 19.4. The summed E-state index contributed by atoms with van der Waals surface area (Å²) in [6, 6.07) is 7.70. The molecule has 3 aromatic rings. The average molecular weight is 696 g/mol. The molecule has 2 aliphatic heterocycles. The van der Waals surface area contributed by atoms with Gasteiger partial charge in [-0.25, -0.2) is 19.0 Å². The van der Waals surface area contributed by atoms with Crippen LogP contribution >= 0.6 is 11.6 Å². The van der Waals surface area contributed by atoms with Crippen LogP contribution in [0.1, 0.15) is 25.8 Å². The van der Waals surface area contributed by atoms with E-state index in [1.165, 1.54) is 33.2 Å². The molecule has 1 amide bonds. The summed E-state index contributed by atoms with van der Waals surface area (Å²) in [5.41, 5.74) is 0.499. The maximum Gasteiger partial charge on any atom is 0.336 e. The largest absolute Gasteiger partial charge is 0.494 e. The molecular weight excluding hydrogens is 661 g/mol. The standard InChI is InChI=1S/C33H35ClFN7O7/c1-33(2,46)19-12-21(35)20(34)13-22(19)37-28-8-10-36-32(40-28)39-24-14-23(38-31(45)27-17-48-29(43)6-7-30(44)49-27)25(15-26(24)47-5)42-11-9-18(16-42)41(3)4/h6-8,10,12-15,17-18,46H,9,11,16H2,1-5H3,(H,38,45)(H2,36,37,39,40)/b7-6-,27-17-/t18-/m1/s1. The molecule has 1 saturated heterocycles. The van der Waals surface area contributed by atoms with Gasteiger partial charge in [0.15, 0.2) is 0 Å². The number of amides is 1. The highest BCUT2D eigenvalue weighted by Crippen LogP contribution is 2.40. The van der Waals surface area contributed by atoms with Gasteiger partial charge in [-0.1, -0.05) is 11.6 Å². The molecule has 0 spiro atoms. The SMILES string of the molecule is COc1cc(N2CC[C@@H](N(C)C)C2)c(NC(=O)/C2=C/OC(=O)/C=C\C(=O)O2)cc1Nc1nccc(Nc2cc(Cl)c(F)cc2C(C)(C)O)n1. The number of benzene rings is 2. The maximum atomic E-state index is 14.3. The van der Waals surface area contributed by atoms with Crippen molar-refractivity contribution in [2.75, 3.05) is 55.1 Å². The zero-order valence-electron chi connectivity index (χ0n) is 27.3. The molecule has 0 unspecified atom stereocenters. The van der Waals surface area contributed by atoms with Gasteiger partial charge in [0, 0.05) is 54.8 Å². The zero-order valence-corrected chi connectivity index (χ0v) is 28.1. The number of nitrogens with zero attached hydrogens (tertiary/aromatic N) is 4. The molecule has 0 bridgehead atoms. The number of aromatic nitrogens is 2. The lowest BCUT2D eigenvalue weighted by molar-refractivity contribution is -0.140. The summed E-state index contributed by atoms with van der Waals surface area (Å²) in [6.45, 7) is 4.37. The fourth-order valence-electron chi connectivity index (χ4n) is 5.22. The monoisotopic (exact) mass is 695 g/mol. The predicted molar refractivity (Wildman–Crippen MR) is 181 cm³/mol. The summed E-state index contributed by atoms with van der Waals surface area (Å²) in [7, 11) is 5.48. The van der Waals surface area contributed by atoms with Crippen LogP contribution in [0, 0.1) is 5.82 Å². The van der Waals surface area contributed by atoms with Gasteiger partial charge < -0.3 is 45.1 Å². The number of methoxy groups -OCH3 is 1. The van der Waals surface area contributed by atoms with E-state index in [-0.39, 0.29) is 22.6 Å². The van der Waals surface area contributed by atoms with Crippen LogP contribution in [0.5, 0.6) is 5.75 Å². The number of rotatable bonds is 10. The third kappa shape index (κ3) is 8.43. The molecule has 1 aromatic heterocycles. The number of carbonyl (C=O) groups is 3. The van der Waals surface area contributed by atoms with Gasteiger partial charge in [-0.3, -0.25) is 4.79 Å². The number of hydrogen-bond acceptors (Lipinski definition) is 13. The second kappa shape index (κ2) is 14.5. The van der Waals surface area contributed by atoms with E-state index < -0.39 is 35.0 Å². The molecule has 16 heteroatoms. The van der Waals surface area contributed by atoms with Crippen molar-refractivity contribution < 1.29 is 38.1 Å². The molecule has 49 heavy (non-hydrogen) atoms. The van der Waals surface area contributed by atoms with Crippen molar-refractivity contribution in [1.82, 2.24) is 14.9 Å². The van der Waals surface area contributed by atoms with Crippen molar-refractivity contribution in [3.05, 3.63) is 77.1 Å². The first kappa shape index (κ1) is 35.1. The fourth-order valence-corrected chi connectivity index (χ4v) is 5.38. The molecular formula is C33H35ClFN7O7. The van der Waals surface area contributed by atoms with E-state index in [4.69, 9.17) is 25.8 Å². The number of hydrogen-bond donors (Lipinski definition) is 4. The van der Waals surface area contributed by atoms with E-state index in [2.05, 4.69) is 35.7 Å². The Kier molecular flexibility index (Phi) is 10.4. The summed E-state index contributed by atoms with van der Waals surface area (Å²) < 4.78 is 29.9. The van der Waals surface area contributed by atoms with E-state index in [0.717, 1.165) is 30.9 Å². The normalized spacial score (nSPS) is 18.1. The molecule has 0 saturated carbocycles. The Bertz CT molecular complexity index is 1840. The molecule has 258 valence electrons. The van der Waals surface area contributed by atoms with Crippen LogP contribution in [0.3, 0.4) is 0 Å². The van der Waals surface area contributed by atoms with Crippen LogP contribution in [0.4, 0.5) is 38.9 Å². The number of aliphatic hydroxyl groups is 1. The molecule has 5 rings (SSSR count). The van der Waals surface area contributed by atoms with Crippen LogP contribution in [0.25, 0.3) is 0 Å². The van der Waals surface area contributed by atoms with E-state index in [9.17, 15) is 23.9 Å². The van der Waals surface area contributed by atoms with Crippen molar-refractivity contribution in [2.24, 2.45) is 0 Å². The highest BCUT2D eigenvalue weighted by Gasteiger charge is 2.29. The van der Waals surface area contributed by atoms with Crippen LogP contribution < -0.4 is 25.6 Å². The number of halogens is 2. The number of likely N-dealkylation sites (N-methyl/N-ethyl adjacent to an activating group) is 1. The van der Waals surface area contributed by atoms with E-state index in [1.54, 1.807) is 18.2 Å². The van der Waals surface area contributed by atoms with Crippen molar-refractivity contribution in [2.45, 2.75) is 31.9 Å². The second-order valence-electron chi connectivity index (χ2n) is 11.9. The molecule has 2 aliphatic rings. The third-order valence-corrected chi connectivity index (χ3v) is 8.05. The van der Waals surface area contributed by atoms with Crippen molar-refractivity contribution in [3.63, 3.8) is 0 Å². The Morgan fingerprint density at radius 3 is 2.57 bits per heavy atom. The first-order valence-electron chi connectivity index (χ1n) is 15.1. The number of nitrogens with one attached hydrogen (secondary N) is 3. The fraction of sp³-hybridized carbons (Fsp3) is 0.303. The lowest BCUT2D eigenvalue weighted by Gasteiger charge is -2.26. The van der Waals surface area contributed by atoms with Gasteiger partial charge in [-0.05, 0) is 58.6 Å². The third-order valence-electron chi connectivity index (χ3n) is 7.76. The number of cyclic esters (lactones) is 2. The van der Waals surface area contributed by atoms with Gasteiger partial charge in [0.1, 0.15) is 23.6 Å². The summed E-state index contributed by atoms with van der Waals surface area (Å²) in [4.78, 5) is 50.2. The number of anilines is 6. The minimum atomic E-state index is -1.40. The lowest BCUT2D eigenvalue weighted by atomic mass is 9.96. The lowest BCUT2D eigenvalue weighted by Crippen LogP contribution is -2.32. The van der Waals surface area contributed by atoms with Crippen molar-refractivity contribution in [3.8, 4) is 5.75 Å². The van der Waals surface area contributed by atoms with Crippen LogP contribution in [-0.4, -0.2) is 78.2 Å². The molecule has 2 aromatic carbocycles. The topological polar surface area (TPSA) is 167 Å². The Balaban J connectivity index is 1.48. The van der Waals surface area contributed by atoms with Crippen LogP contribution in [0.2, 0.25) is 5.02 Å². The molecule has 0 aliphatic carbocycles. The molecule has 4 N–H and O–H groups in total. The van der Waals surface area contributed by atoms with E-state index in [1.807, 2.05) is 14.1 Å². The van der Waals surface area contributed by atoms with Gasteiger partial charge in [-0.2, -0.15) is 4.98 Å². The number of esters is 2. The molecule has 0 radical (unpaired) electrons. The summed E-state index contributed by atoms with van der Waals surface area (Å²) in [6.07, 6.45) is 4.86. The summed E-state index contributed by atoms with van der Waals surface area (Å²) in [5.74, 6) is -3.01. The minimum Gasteiger partial charge on any atom is -0.494 e. The quantitative estimate of drug-likeness (QED) is 0.218. The zero-order chi connectivity index (χ0) is 35.5. The molecule has 1 fully saturated rings. The molecule has 3 heterocycles. The van der Waals surface area contributed by atoms with Crippen LogP contribution in [-0.2, 0) is 29.5 Å². The van der Waals surface area contributed by atoms with E-state index in [0.29, 0.717) is 47.4 Å². The smallest absolute Gasteiger partial charge is 0.336 e. The average Bonchev–Trinajstić information content (AvgIpc) is 3.53. The molecule has 1 atom stereocenters. The predicted octanol–water partition coefficient (Wildman–Crippen LogP) is 4.57. The van der Waals surface area contributed by atoms with Crippen molar-refractivity contribution >= 4 is 64.0 Å². The Morgan fingerprint density at radius 2 is 1.88 bits per heavy atom. The number of carbonyl (C=O) groups excluding carboxylic acids is 3. The molecule has 14 nitrogen and oxygen atoms in total. The highest BCUT2D eigenvalue weighted by molar-refractivity contribution is 6.31. The first-order chi connectivity index (χ1) is 23.2. The summed E-state index contributed by atoms with van der Waals surface area (Å²) >= 11 is 6.04. The number of ether oxygens (including phenoxy) is 3. The minimum absolute atomic E-state index is 0.121. The Labute approximate surface area is 286 Å².